The molecule has 0 saturated heterocycles. The second-order valence-corrected chi connectivity index (χ2v) is 3.75. The normalized spacial score (nSPS) is 11.8. The van der Waals surface area contributed by atoms with Crippen LogP contribution in [0.1, 0.15) is 0 Å². The standard InChI is InChI=1S/C12H8N4/c1-2-4-10-9(3-1)15-11(5-7-13-15)12-6-8-14-16(10)12/h1-8H. The summed E-state index contributed by atoms with van der Waals surface area (Å²) in [6, 6.07) is 12.1. The highest BCUT2D eigenvalue weighted by molar-refractivity contribution is 5.87. The molecule has 0 amide bonds. The third-order valence-electron chi connectivity index (χ3n) is 2.89. The topological polar surface area (TPSA) is 34.6 Å². The third-order valence-corrected chi connectivity index (χ3v) is 2.89. The van der Waals surface area contributed by atoms with Crippen molar-refractivity contribution in [3.8, 4) is 0 Å². The molecular weight excluding hydrogens is 200 g/mol. The lowest BCUT2D eigenvalue weighted by Gasteiger charge is -2.04. The van der Waals surface area contributed by atoms with Gasteiger partial charge in [0.2, 0.25) is 0 Å². The number of benzene rings is 1. The monoisotopic (exact) mass is 208 g/mol. The van der Waals surface area contributed by atoms with Gasteiger partial charge in [-0.15, -0.1) is 0 Å². The van der Waals surface area contributed by atoms with Gasteiger partial charge in [-0.25, -0.2) is 9.03 Å². The molecule has 0 N–H and O–H groups in total. The molecule has 16 heavy (non-hydrogen) atoms. The number of nitrogens with zero attached hydrogens (tertiary/aromatic N) is 4. The molecule has 0 atom stereocenters. The van der Waals surface area contributed by atoms with Crippen LogP contribution in [0.5, 0.6) is 0 Å². The Hall–Kier alpha value is -2.36. The summed E-state index contributed by atoms with van der Waals surface area (Å²) in [7, 11) is 0. The molecule has 0 saturated carbocycles. The molecule has 0 unspecified atom stereocenters. The van der Waals surface area contributed by atoms with Gasteiger partial charge in [0.05, 0.1) is 34.5 Å². The first-order chi connectivity index (χ1) is 7.95. The van der Waals surface area contributed by atoms with Crippen molar-refractivity contribution >= 4 is 22.1 Å². The van der Waals surface area contributed by atoms with Crippen molar-refractivity contribution in [2.75, 3.05) is 0 Å². The Kier molecular flexibility index (Phi) is 1.28. The molecule has 0 aliphatic heterocycles. The summed E-state index contributed by atoms with van der Waals surface area (Å²) >= 11 is 0. The van der Waals surface area contributed by atoms with Crippen molar-refractivity contribution in [2.45, 2.75) is 0 Å². The predicted molar refractivity (Wildman–Crippen MR) is 61.4 cm³/mol. The molecule has 4 nitrogen and oxygen atoms in total. The van der Waals surface area contributed by atoms with E-state index in [1.54, 1.807) is 0 Å². The zero-order chi connectivity index (χ0) is 10.5. The number of para-hydroxylation sites is 2. The minimum Gasteiger partial charge on any atom is -0.229 e. The predicted octanol–water partition coefficient (Wildman–Crippen LogP) is 2.14. The largest absolute Gasteiger partial charge is 0.229 e. The highest BCUT2D eigenvalue weighted by Crippen LogP contribution is 2.20. The van der Waals surface area contributed by atoms with E-state index in [9.17, 15) is 0 Å². The van der Waals surface area contributed by atoms with E-state index in [0.717, 1.165) is 22.1 Å². The Labute approximate surface area is 90.7 Å². The molecule has 1 aromatic carbocycles. The Morgan fingerprint density at radius 2 is 1.06 bits per heavy atom. The maximum absolute atomic E-state index is 4.35. The lowest BCUT2D eigenvalue weighted by atomic mass is 10.3. The zero-order valence-electron chi connectivity index (χ0n) is 8.41. The number of hydrogen-bond donors (Lipinski definition) is 0. The average molecular weight is 208 g/mol. The lowest BCUT2D eigenvalue weighted by Crippen LogP contribution is -1.97. The molecule has 3 aromatic heterocycles. The summed E-state index contributed by atoms with van der Waals surface area (Å²) in [4.78, 5) is 0. The molecule has 0 bridgehead atoms. The summed E-state index contributed by atoms with van der Waals surface area (Å²) in [5, 5.41) is 8.70. The lowest BCUT2D eigenvalue weighted by molar-refractivity contribution is 0.957. The minimum atomic E-state index is 1.07. The van der Waals surface area contributed by atoms with Crippen LogP contribution >= 0.6 is 0 Å². The van der Waals surface area contributed by atoms with E-state index in [-0.39, 0.29) is 0 Å². The van der Waals surface area contributed by atoms with Crippen LogP contribution in [0.4, 0.5) is 0 Å². The fourth-order valence-electron chi connectivity index (χ4n) is 2.20. The molecule has 3 heterocycles. The first kappa shape index (κ1) is 7.87. The molecule has 0 spiro atoms. The Morgan fingerprint density at radius 1 is 0.625 bits per heavy atom. The second-order valence-electron chi connectivity index (χ2n) is 3.75. The van der Waals surface area contributed by atoms with E-state index in [4.69, 9.17) is 0 Å². The van der Waals surface area contributed by atoms with Crippen LogP contribution in [0.3, 0.4) is 0 Å². The highest BCUT2D eigenvalue weighted by Gasteiger charge is 2.07. The van der Waals surface area contributed by atoms with E-state index < -0.39 is 0 Å². The molecule has 0 fully saturated rings. The van der Waals surface area contributed by atoms with Gasteiger partial charge in [-0.05, 0) is 24.3 Å². The molecule has 0 radical (unpaired) electrons. The van der Waals surface area contributed by atoms with Gasteiger partial charge in [-0.3, -0.25) is 0 Å². The van der Waals surface area contributed by atoms with Crippen molar-refractivity contribution in [3.63, 3.8) is 0 Å². The molecule has 76 valence electrons. The molecule has 0 aliphatic carbocycles. The van der Waals surface area contributed by atoms with Crippen molar-refractivity contribution in [2.24, 2.45) is 0 Å². The summed E-state index contributed by atoms with van der Waals surface area (Å²) in [5.41, 5.74) is 4.30. The van der Waals surface area contributed by atoms with Crippen molar-refractivity contribution in [1.82, 2.24) is 19.2 Å². The number of rotatable bonds is 0. The highest BCUT2D eigenvalue weighted by atomic mass is 15.3. The summed E-state index contributed by atoms with van der Waals surface area (Å²) < 4.78 is 3.90. The maximum atomic E-state index is 4.35. The van der Waals surface area contributed by atoms with Gasteiger partial charge in [0.15, 0.2) is 0 Å². The number of aromatic nitrogens is 4. The van der Waals surface area contributed by atoms with Crippen LogP contribution in [-0.2, 0) is 0 Å². The summed E-state index contributed by atoms with van der Waals surface area (Å²) in [6.45, 7) is 0. The smallest absolute Gasteiger partial charge is 0.0927 e. The van der Waals surface area contributed by atoms with Crippen LogP contribution in [-0.4, -0.2) is 19.2 Å². The Bertz CT molecular complexity index is 740. The van der Waals surface area contributed by atoms with Crippen LogP contribution < -0.4 is 0 Å². The Balaban J connectivity index is 2.51. The quantitative estimate of drug-likeness (QED) is 0.443. The molecule has 0 aliphatic rings. The molecule has 4 rings (SSSR count). The van der Waals surface area contributed by atoms with Gasteiger partial charge in [0.25, 0.3) is 0 Å². The van der Waals surface area contributed by atoms with Crippen molar-refractivity contribution in [3.05, 3.63) is 48.8 Å². The maximum Gasteiger partial charge on any atom is 0.0927 e. The van der Waals surface area contributed by atoms with Crippen molar-refractivity contribution in [1.29, 1.82) is 0 Å². The van der Waals surface area contributed by atoms with Gasteiger partial charge in [-0.1, -0.05) is 12.1 Å². The van der Waals surface area contributed by atoms with E-state index >= 15 is 0 Å². The van der Waals surface area contributed by atoms with Crippen LogP contribution in [0.25, 0.3) is 22.1 Å². The first-order valence-electron chi connectivity index (χ1n) is 5.13. The van der Waals surface area contributed by atoms with Crippen LogP contribution in [0.15, 0.2) is 48.8 Å². The first-order valence-corrected chi connectivity index (χ1v) is 5.13. The zero-order valence-corrected chi connectivity index (χ0v) is 8.41. The SMILES string of the molecule is c1ccc2c(c1)n1nccc1c1ccnn21. The van der Waals surface area contributed by atoms with Crippen molar-refractivity contribution < 1.29 is 0 Å². The summed E-state index contributed by atoms with van der Waals surface area (Å²) in [6.07, 6.45) is 3.63. The van der Waals surface area contributed by atoms with Crippen LogP contribution in [0, 0.1) is 0 Å². The average Bonchev–Trinajstić information content (AvgIpc) is 2.98. The van der Waals surface area contributed by atoms with E-state index in [2.05, 4.69) is 22.3 Å². The fraction of sp³-hybridized carbons (Fsp3) is 0. The van der Waals surface area contributed by atoms with E-state index in [1.807, 2.05) is 45.7 Å². The minimum absolute atomic E-state index is 1.07. The van der Waals surface area contributed by atoms with E-state index in [1.165, 1.54) is 0 Å². The molecular formula is C12H8N4. The molecule has 4 aromatic rings. The van der Waals surface area contributed by atoms with Gasteiger partial charge in [-0.2, -0.15) is 10.2 Å². The van der Waals surface area contributed by atoms with E-state index in [0.29, 0.717) is 0 Å². The number of fused-ring (bicyclic) bond motifs is 6. The van der Waals surface area contributed by atoms with Gasteiger partial charge in [0.1, 0.15) is 0 Å². The fourth-order valence-corrected chi connectivity index (χ4v) is 2.20. The van der Waals surface area contributed by atoms with Gasteiger partial charge >= 0.3 is 0 Å². The summed E-state index contributed by atoms with van der Waals surface area (Å²) in [5.74, 6) is 0. The van der Waals surface area contributed by atoms with Gasteiger partial charge < -0.3 is 0 Å². The Morgan fingerprint density at radius 3 is 1.56 bits per heavy atom. The van der Waals surface area contributed by atoms with Crippen LogP contribution in [0.2, 0.25) is 0 Å². The third kappa shape index (κ3) is 0.798. The van der Waals surface area contributed by atoms with Gasteiger partial charge in [0, 0.05) is 0 Å². The molecule has 4 heteroatoms. The number of hydrogen-bond acceptors (Lipinski definition) is 2. The second kappa shape index (κ2) is 2.61.